The summed E-state index contributed by atoms with van der Waals surface area (Å²) in [6.07, 6.45) is 2.57. The number of hydrogen-bond acceptors (Lipinski definition) is 5. The maximum Gasteiger partial charge on any atom is 0.407 e. The summed E-state index contributed by atoms with van der Waals surface area (Å²) in [7, 11) is 0. The first-order valence-corrected chi connectivity index (χ1v) is 18.3. The fourth-order valence-electron chi connectivity index (χ4n) is 7.74. The summed E-state index contributed by atoms with van der Waals surface area (Å²) in [4.78, 5) is 47.1. The van der Waals surface area contributed by atoms with Crippen LogP contribution in [-0.4, -0.2) is 71.5 Å². The largest absolute Gasteiger partial charge is 0.445 e. The first-order valence-electron chi connectivity index (χ1n) is 18.3. The molecule has 1 spiro atoms. The topological polar surface area (TPSA) is 91.0 Å². The van der Waals surface area contributed by atoms with E-state index in [1.54, 1.807) is 0 Å². The van der Waals surface area contributed by atoms with Crippen LogP contribution in [0.3, 0.4) is 0 Å². The highest BCUT2D eigenvalue weighted by Crippen LogP contribution is 2.40. The van der Waals surface area contributed by atoms with E-state index in [1.807, 2.05) is 84.6 Å². The molecule has 4 aromatic rings. The maximum atomic E-state index is 15.1. The minimum absolute atomic E-state index is 0.110. The van der Waals surface area contributed by atoms with Crippen molar-refractivity contribution in [3.05, 3.63) is 144 Å². The lowest BCUT2D eigenvalue weighted by Gasteiger charge is -2.54. The van der Waals surface area contributed by atoms with Crippen molar-refractivity contribution >= 4 is 17.9 Å². The molecule has 2 fully saturated rings. The molecular formula is C43H50N4O4. The number of amides is 3. The number of likely N-dealkylation sites (tertiary alicyclic amines) is 1. The summed E-state index contributed by atoms with van der Waals surface area (Å²) in [5, 5.41) is 6.09. The van der Waals surface area contributed by atoms with Crippen LogP contribution in [-0.2, 0) is 32.8 Å². The predicted octanol–water partition coefficient (Wildman–Crippen LogP) is 6.49. The third kappa shape index (κ3) is 8.18. The van der Waals surface area contributed by atoms with Crippen LogP contribution in [0.5, 0.6) is 0 Å². The van der Waals surface area contributed by atoms with E-state index in [0.29, 0.717) is 45.3 Å². The third-order valence-electron chi connectivity index (χ3n) is 10.8. The molecule has 2 saturated heterocycles. The molecule has 0 aliphatic carbocycles. The van der Waals surface area contributed by atoms with Crippen molar-refractivity contribution in [2.45, 2.75) is 75.6 Å². The molecule has 0 saturated carbocycles. The van der Waals surface area contributed by atoms with Crippen LogP contribution < -0.4 is 10.6 Å². The van der Waals surface area contributed by atoms with Gasteiger partial charge in [0.2, 0.25) is 11.8 Å². The van der Waals surface area contributed by atoms with Crippen LogP contribution in [0.25, 0.3) is 0 Å². The molecule has 6 rings (SSSR count). The highest BCUT2D eigenvalue weighted by atomic mass is 16.5. The number of carbonyl (C=O) groups is 3. The number of alkyl carbamates (subject to hydrolysis) is 1. The zero-order chi connectivity index (χ0) is 35.7. The molecule has 0 bridgehead atoms. The van der Waals surface area contributed by atoms with Crippen LogP contribution in [0.15, 0.2) is 121 Å². The molecule has 266 valence electrons. The van der Waals surface area contributed by atoms with E-state index in [1.165, 1.54) is 5.56 Å². The normalized spacial score (nSPS) is 18.2. The van der Waals surface area contributed by atoms with Gasteiger partial charge in [0, 0.05) is 31.6 Å². The Balaban J connectivity index is 1.29. The van der Waals surface area contributed by atoms with Gasteiger partial charge in [-0.15, -0.1) is 0 Å². The second kappa shape index (κ2) is 16.4. The Morgan fingerprint density at radius 2 is 1.37 bits per heavy atom. The Hall–Kier alpha value is -4.95. The molecule has 0 radical (unpaired) electrons. The molecule has 4 aromatic carbocycles. The molecule has 8 heteroatoms. The van der Waals surface area contributed by atoms with Gasteiger partial charge in [0.25, 0.3) is 0 Å². The lowest BCUT2D eigenvalue weighted by atomic mass is 9.73. The van der Waals surface area contributed by atoms with Gasteiger partial charge in [0.1, 0.15) is 18.2 Å². The number of nitrogens with zero attached hydrogens (tertiary/aromatic N) is 2. The second-order valence-electron chi connectivity index (χ2n) is 14.1. The predicted molar refractivity (Wildman–Crippen MR) is 200 cm³/mol. The Labute approximate surface area is 302 Å². The van der Waals surface area contributed by atoms with Gasteiger partial charge in [-0.05, 0) is 54.9 Å². The van der Waals surface area contributed by atoms with Gasteiger partial charge < -0.3 is 25.2 Å². The van der Waals surface area contributed by atoms with Crippen LogP contribution >= 0.6 is 0 Å². The maximum absolute atomic E-state index is 15.1. The Morgan fingerprint density at radius 1 is 0.843 bits per heavy atom. The SMILES string of the molecule is CCC[C@H](NC(=O)OCc1ccccc1)[C@@H]1NC(=O)C2(CCN(CCc3ccccc3)CC2)N(CC(C)(c2ccccc2)c2ccccc2)C1=O. The second-order valence-corrected chi connectivity index (χ2v) is 14.1. The Kier molecular flexibility index (Phi) is 11.5. The lowest BCUT2D eigenvalue weighted by Crippen LogP contribution is -2.76. The summed E-state index contributed by atoms with van der Waals surface area (Å²) in [6, 6.07) is 38.8. The minimum Gasteiger partial charge on any atom is -0.445 e. The van der Waals surface area contributed by atoms with E-state index in [-0.39, 0.29) is 18.4 Å². The average Bonchev–Trinajstić information content (AvgIpc) is 3.18. The number of piperazine rings is 1. The highest BCUT2D eigenvalue weighted by Gasteiger charge is 2.56. The van der Waals surface area contributed by atoms with E-state index in [9.17, 15) is 9.59 Å². The van der Waals surface area contributed by atoms with Gasteiger partial charge in [-0.1, -0.05) is 135 Å². The van der Waals surface area contributed by atoms with Crippen molar-refractivity contribution < 1.29 is 19.1 Å². The van der Waals surface area contributed by atoms with E-state index in [4.69, 9.17) is 4.74 Å². The van der Waals surface area contributed by atoms with E-state index in [0.717, 1.165) is 29.7 Å². The molecule has 2 atom stereocenters. The number of benzene rings is 4. The standard InChI is InChI=1S/C43H50N4O4/c1-3-16-37(44-41(50)51-31-34-19-10-5-11-20-34)38-39(48)47(32-42(2,35-21-12-6-13-22-35)36-23-14-7-15-24-36)43(40(49)45-38)26-29-46(30-27-43)28-25-33-17-8-4-9-18-33/h4-15,17-24,37-38H,3,16,25-32H2,1-2H3,(H,44,50)(H,45,49)/t37-,38-/m0/s1. The number of rotatable bonds is 13. The molecule has 0 aromatic heterocycles. The van der Waals surface area contributed by atoms with Crippen molar-refractivity contribution in [3.63, 3.8) is 0 Å². The van der Waals surface area contributed by atoms with Gasteiger partial charge in [0.15, 0.2) is 0 Å². The summed E-state index contributed by atoms with van der Waals surface area (Å²) >= 11 is 0. The summed E-state index contributed by atoms with van der Waals surface area (Å²) in [5.41, 5.74) is 2.65. The molecular weight excluding hydrogens is 636 g/mol. The lowest BCUT2D eigenvalue weighted by molar-refractivity contribution is -0.163. The zero-order valence-corrected chi connectivity index (χ0v) is 29.8. The van der Waals surface area contributed by atoms with Crippen molar-refractivity contribution in [1.82, 2.24) is 20.4 Å². The fraction of sp³-hybridized carbons (Fsp3) is 0.372. The first-order chi connectivity index (χ1) is 24.8. The third-order valence-corrected chi connectivity index (χ3v) is 10.8. The Bertz CT molecular complexity index is 1690. The van der Waals surface area contributed by atoms with Crippen LogP contribution in [0.4, 0.5) is 4.79 Å². The van der Waals surface area contributed by atoms with Crippen molar-refractivity contribution in [2.75, 3.05) is 26.2 Å². The summed E-state index contributed by atoms with van der Waals surface area (Å²) in [6.45, 7) is 6.88. The van der Waals surface area contributed by atoms with Gasteiger partial charge >= 0.3 is 6.09 Å². The number of piperidine rings is 1. The molecule has 51 heavy (non-hydrogen) atoms. The van der Waals surface area contributed by atoms with Crippen molar-refractivity contribution in [3.8, 4) is 0 Å². The van der Waals surface area contributed by atoms with Crippen molar-refractivity contribution in [2.24, 2.45) is 0 Å². The molecule has 2 heterocycles. The van der Waals surface area contributed by atoms with Gasteiger partial charge in [-0.2, -0.15) is 0 Å². The quantitative estimate of drug-likeness (QED) is 0.168. The van der Waals surface area contributed by atoms with Crippen LogP contribution in [0.1, 0.15) is 61.8 Å². The molecule has 2 aliphatic rings. The van der Waals surface area contributed by atoms with Crippen LogP contribution in [0, 0.1) is 0 Å². The van der Waals surface area contributed by atoms with Gasteiger partial charge in [0.05, 0.1) is 6.04 Å². The number of hydrogen-bond donors (Lipinski definition) is 2. The molecule has 0 unspecified atom stereocenters. The average molecular weight is 687 g/mol. The fourth-order valence-corrected chi connectivity index (χ4v) is 7.74. The van der Waals surface area contributed by atoms with E-state index in [2.05, 4.69) is 71.0 Å². The minimum atomic E-state index is -1.02. The van der Waals surface area contributed by atoms with Crippen molar-refractivity contribution in [1.29, 1.82) is 0 Å². The summed E-state index contributed by atoms with van der Waals surface area (Å²) < 4.78 is 5.56. The smallest absolute Gasteiger partial charge is 0.407 e. The first kappa shape index (κ1) is 35.9. The summed E-state index contributed by atoms with van der Waals surface area (Å²) in [5.74, 6) is -0.328. The van der Waals surface area contributed by atoms with E-state index < -0.39 is 29.1 Å². The Morgan fingerprint density at radius 3 is 1.92 bits per heavy atom. The molecule has 8 nitrogen and oxygen atoms in total. The van der Waals surface area contributed by atoms with Crippen LogP contribution in [0.2, 0.25) is 0 Å². The zero-order valence-electron chi connectivity index (χ0n) is 29.8. The van der Waals surface area contributed by atoms with E-state index >= 15 is 4.79 Å². The molecule has 3 amide bonds. The molecule has 2 N–H and O–H groups in total. The van der Waals surface area contributed by atoms with Gasteiger partial charge in [-0.25, -0.2) is 4.79 Å². The highest BCUT2D eigenvalue weighted by molar-refractivity contribution is 6.00. The number of ether oxygens (including phenoxy) is 1. The number of carbonyl (C=O) groups excluding carboxylic acids is 3. The molecule has 2 aliphatic heterocycles. The number of nitrogens with one attached hydrogen (secondary N) is 2. The monoisotopic (exact) mass is 686 g/mol. The van der Waals surface area contributed by atoms with Gasteiger partial charge in [-0.3, -0.25) is 9.59 Å².